The first-order valence-electron chi connectivity index (χ1n) is 6.55. The molecule has 1 unspecified atom stereocenters. The van der Waals surface area contributed by atoms with E-state index in [0.717, 1.165) is 24.1 Å². The van der Waals surface area contributed by atoms with Gasteiger partial charge in [-0.25, -0.2) is 8.78 Å². The van der Waals surface area contributed by atoms with Crippen molar-refractivity contribution in [2.75, 3.05) is 6.54 Å². The van der Waals surface area contributed by atoms with Crippen LogP contribution in [-0.4, -0.2) is 6.54 Å². The van der Waals surface area contributed by atoms with Crippen molar-refractivity contribution < 1.29 is 8.78 Å². The maximum absolute atomic E-state index is 13.4. The monoisotopic (exact) mass is 295 g/mol. The zero-order valence-corrected chi connectivity index (χ0v) is 11.9. The molecule has 1 atom stereocenters. The Hall–Kier alpha value is -1.45. The van der Waals surface area contributed by atoms with E-state index in [4.69, 9.17) is 11.6 Å². The summed E-state index contributed by atoms with van der Waals surface area (Å²) in [4.78, 5) is 0. The topological polar surface area (TPSA) is 12.0 Å². The van der Waals surface area contributed by atoms with Crippen LogP contribution < -0.4 is 5.32 Å². The molecular weight excluding hydrogens is 280 g/mol. The van der Waals surface area contributed by atoms with Crippen LogP contribution in [0.4, 0.5) is 8.78 Å². The third-order valence-electron chi connectivity index (χ3n) is 3.05. The highest BCUT2D eigenvalue weighted by Gasteiger charge is 2.17. The molecule has 0 aliphatic carbocycles. The van der Waals surface area contributed by atoms with Crippen molar-refractivity contribution in [2.45, 2.75) is 19.4 Å². The first kappa shape index (κ1) is 14.9. The van der Waals surface area contributed by atoms with Gasteiger partial charge in [0, 0.05) is 5.02 Å². The van der Waals surface area contributed by atoms with Crippen molar-refractivity contribution in [2.24, 2.45) is 0 Å². The summed E-state index contributed by atoms with van der Waals surface area (Å²) < 4.78 is 26.6. The molecule has 0 fully saturated rings. The number of rotatable bonds is 5. The Morgan fingerprint density at radius 3 is 2.50 bits per heavy atom. The third kappa shape index (κ3) is 3.56. The van der Waals surface area contributed by atoms with Crippen LogP contribution in [0.2, 0.25) is 5.02 Å². The van der Waals surface area contributed by atoms with Crippen LogP contribution in [0, 0.1) is 11.6 Å². The molecule has 1 nitrogen and oxygen atoms in total. The average molecular weight is 296 g/mol. The molecule has 0 bridgehead atoms. The van der Waals surface area contributed by atoms with Gasteiger partial charge < -0.3 is 5.32 Å². The van der Waals surface area contributed by atoms with Gasteiger partial charge in [0.05, 0.1) is 6.04 Å². The smallest absolute Gasteiger partial charge is 0.124 e. The predicted octanol–water partition coefficient (Wildman–Crippen LogP) is 4.71. The molecule has 2 aromatic rings. The summed E-state index contributed by atoms with van der Waals surface area (Å²) in [5.74, 6) is -0.684. The third-order valence-corrected chi connectivity index (χ3v) is 3.38. The zero-order valence-electron chi connectivity index (χ0n) is 11.2. The molecular formula is C16H16ClF2N. The van der Waals surface area contributed by atoms with Gasteiger partial charge in [-0.05, 0) is 48.4 Å². The van der Waals surface area contributed by atoms with E-state index in [9.17, 15) is 8.78 Å². The van der Waals surface area contributed by atoms with Crippen molar-refractivity contribution in [3.63, 3.8) is 0 Å². The van der Waals surface area contributed by atoms with Crippen LogP contribution in [0.5, 0.6) is 0 Å². The second-order valence-electron chi connectivity index (χ2n) is 4.61. The van der Waals surface area contributed by atoms with Crippen LogP contribution in [0.1, 0.15) is 30.5 Å². The number of hydrogen-bond donors (Lipinski definition) is 1. The molecule has 0 aliphatic rings. The fourth-order valence-electron chi connectivity index (χ4n) is 2.12. The molecule has 2 rings (SSSR count). The fraction of sp³-hybridized carbons (Fsp3) is 0.250. The van der Waals surface area contributed by atoms with E-state index in [1.165, 1.54) is 24.3 Å². The molecule has 0 amide bonds. The average Bonchev–Trinajstić information content (AvgIpc) is 2.41. The second kappa shape index (κ2) is 6.82. The summed E-state index contributed by atoms with van der Waals surface area (Å²) >= 11 is 6.12. The molecule has 0 spiro atoms. The van der Waals surface area contributed by atoms with Gasteiger partial charge in [-0.15, -0.1) is 0 Å². The number of halogens is 3. The van der Waals surface area contributed by atoms with Crippen LogP contribution in [-0.2, 0) is 0 Å². The molecule has 0 aromatic heterocycles. The van der Waals surface area contributed by atoms with E-state index in [1.54, 1.807) is 12.1 Å². The molecule has 20 heavy (non-hydrogen) atoms. The Kier molecular flexibility index (Phi) is 5.10. The SMILES string of the molecule is CCCNC(c1cccc(F)c1)c1ccc(F)cc1Cl. The molecule has 1 N–H and O–H groups in total. The Bertz CT molecular complexity index is 586. The summed E-state index contributed by atoms with van der Waals surface area (Å²) in [6, 6.07) is 10.4. The van der Waals surface area contributed by atoms with Crippen molar-refractivity contribution in [1.29, 1.82) is 0 Å². The van der Waals surface area contributed by atoms with E-state index in [0.29, 0.717) is 5.02 Å². The normalized spacial score (nSPS) is 12.4. The minimum atomic E-state index is -0.382. The van der Waals surface area contributed by atoms with Crippen molar-refractivity contribution in [3.8, 4) is 0 Å². The maximum atomic E-state index is 13.4. The summed E-state index contributed by atoms with van der Waals surface area (Å²) in [6.45, 7) is 2.80. The summed E-state index contributed by atoms with van der Waals surface area (Å²) in [6.07, 6.45) is 0.935. The number of hydrogen-bond acceptors (Lipinski definition) is 1. The lowest BCUT2D eigenvalue weighted by Crippen LogP contribution is -2.23. The Labute approximate surface area is 122 Å². The predicted molar refractivity (Wildman–Crippen MR) is 77.9 cm³/mol. The van der Waals surface area contributed by atoms with Crippen LogP contribution in [0.25, 0.3) is 0 Å². The van der Waals surface area contributed by atoms with Gasteiger partial charge in [-0.3, -0.25) is 0 Å². The Morgan fingerprint density at radius 1 is 1.10 bits per heavy atom. The lowest BCUT2D eigenvalue weighted by Gasteiger charge is -2.21. The largest absolute Gasteiger partial charge is 0.306 e. The molecule has 0 heterocycles. The minimum absolute atomic E-state index is 0.251. The summed E-state index contributed by atoms with van der Waals surface area (Å²) in [7, 11) is 0. The quantitative estimate of drug-likeness (QED) is 0.842. The first-order chi connectivity index (χ1) is 9.61. The highest BCUT2D eigenvalue weighted by molar-refractivity contribution is 6.31. The molecule has 2 aromatic carbocycles. The minimum Gasteiger partial charge on any atom is -0.306 e. The Morgan fingerprint density at radius 2 is 1.85 bits per heavy atom. The van der Waals surface area contributed by atoms with Gasteiger partial charge in [0.2, 0.25) is 0 Å². The maximum Gasteiger partial charge on any atom is 0.124 e. The Balaban J connectivity index is 2.41. The molecule has 0 radical (unpaired) electrons. The van der Waals surface area contributed by atoms with Crippen LogP contribution >= 0.6 is 11.6 Å². The zero-order chi connectivity index (χ0) is 14.5. The van der Waals surface area contributed by atoms with E-state index >= 15 is 0 Å². The van der Waals surface area contributed by atoms with Gasteiger partial charge in [-0.1, -0.05) is 36.7 Å². The van der Waals surface area contributed by atoms with Gasteiger partial charge in [0.25, 0.3) is 0 Å². The highest BCUT2D eigenvalue weighted by Crippen LogP contribution is 2.29. The van der Waals surface area contributed by atoms with Crippen LogP contribution in [0.3, 0.4) is 0 Å². The summed E-state index contributed by atoms with van der Waals surface area (Å²) in [5.41, 5.74) is 1.51. The van der Waals surface area contributed by atoms with Gasteiger partial charge in [-0.2, -0.15) is 0 Å². The summed E-state index contributed by atoms with van der Waals surface area (Å²) in [5, 5.41) is 3.65. The van der Waals surface area contributed by atoms with Crippen molar-refractivity contribution in [1.82, 2.24) is 5.32 Å². The fourth-order valence-corrected chi connectivity index (χ4v) is 2.39. The highest BCUT2D eigenvalue weighted by atomic mass is 35.5. The number of nitrogens with one attached hydrogen (secondary N) is 1. The van der Waals surface area contributed by atoms with Crippen LogP contribution in [0.15, 0.2) is 42.5 Å². The first-order valence-corrected chi connectivity index (χ1v) is 6.93. The van der Waals surface area contributed by atoms with Gasteiger partial charge in [0.15, 0.2) is 0 Å². The number of benzene rings is 2. The molecule has 4 heteroatoms. The van der Waals surface area contributed by atoms with E-state index in [1.807, 2.05) is 13.0 Å². The van der Waals surface area contributed by atoms with Gasteiger partial charge in [0.1, 0.15) is 11.6 Å². The van der Waals surface area contributed by atoms with Gasteiger partial charge >= 0.3 is 0 Å². The standard InChI is InChI=1S/C16H16ClF2N/c1-2-8-20-16(11-4-3-5-12(18)9-11)14-7-6-13(19)10-15(14)17/h3-7,9-10,16,20H,2,8H2,1H3. The second-order valence-corrected chi connectivity index (χ2v) is 5.02. The van der Waals surface area contributed by atoms with E-state index in [2.05, 4.69) is 5.32 Å². The molecule has 0 aliphatic heterocycles. The van der Waals surface area contributed by atoms with Crippen molar-refractivity contribution >= 4 is 11.6 Å². The van der Waals surface area contributed by atoms with Crippen molar-refractivity contribution in [3.05, 3.63) is 70.2 Å². The van der Waals surface area contributed by atoms with E-state index < -0.39 is 0 Å². The van der Waals surface area contributed by atoms with E-state index in [-0.39, 0.29) is 17.7 Å². The molecule has 0 saturated heterocycles. The molecule has 0 saturated carbocycles. The lowest BCUT2D eigenvalue weighted by atomic mass is 9.98. The lowest BCUT2D eigenvalue weighted by molar-refractivity contribution is 0.582. The molecule has 106 valence electrons.